The van der Waals surface area contributed by atoms with Crippen LogP contribution in [0.15, 0.2) is 0 Å². The number of hydrogen-bond acceptors (Lipinski definition) is 3. The van der Waals surface area contributed by atoms with Gasteiger partial charge in [-0.2, -0.15) is 0 Å². The van der Waals surface area contributed by atoms with Crippen molar-refractivity contribution < 1.29 is 14.6 Å². The van der Waals surface area contributed by atoms with E-state index in [1.807, 2.05) is 0 Å². The normalized spacial score (nSPS) is 15.9. The molecule has 0 aromatic rings. The van der Waals surface area contributed by atoms with E-state index in [4.69, 9.17) is 0 Å². The summed E-state index contributed by atoms with van der Waals surface area (Å²) in [6.07, 6.45) is 0. The Hall–Kier alpha value is -0.353. The molecule has 1 unspecified atom stereocenters. The highest BCUT2D eigenvalue weighted by Gasteiger charge is 2.40. The van der Waals surface area contributed by atoms with Crippen LogP contribution in [0.2, 0.25) is 24.2 Å². The second-order valence-electron chi connectivity index (χ2n) is 4.50. The SMILES string of the molecule is CC[Si](CC)(CC)CC(C)(O)C(=O)OC. The third-order valence-corrected chi connectivity index (χ3v) is 9.53. The Morgan fingerprint density at radius 2 is 1.67 bits per heavy atom. The molecule has 0 aliphatic rings. The van der Waals surface area contributed by atoms with Crippen LogP contribution in [0.25, 0.3) is 0 Å². The van der Waals surface area contributed by atoms with Crippen molar-refractivity contribution in [3.8, 4) is 0 Å². The zero-order chi connectivity index (χ0) is 12.1. The topological polar surface area (TPSA) is 46.5 Å². The van der Waals surface area contributed by atoms with Crippen molar-refractivity contribution in [2.45, 2.75) is 57.5 Å². The summed E-state index contributed by atoms with van der Waals surface area (Å²) in [6, 6.07) is 3.92. The molecule has 0 aromatic heterocycles. The summed E-state index contributed by atoms with van der Waals surface area (Å²) in [4.78, 5) is 11.4. The Kier molecular flexibility index (Phi) is 5.52. The fraction of sp³-hybridized carbons (Fsp3) is 0.909. The van der Waals surface area contributed by atoms with Gasteiger partial charge in [0.15, 0.2) is 5.60 Å². The van der Waals surface area contributed by atoms with E-state index in [2.05, 4.69) is 25.5 Å². The van der Waals surface area contributed by atoms with Crippen molar-refractivity contribution in [2.24, 2.45) is 0 Å². The highest BCUT2D eigenvalue weighted by molar-refractivity contribution is 6.80. The van der Waals surface area contributed by atoms with Gasteiger partial charge in [0.25, 0.3) is 0 Å². The lowest BCUT2D eigenvalue weighted by atomic mass is 10.1. The van der Waals surface area contributed by atoms with Gasteiger partial charge in [-0.3, -0.25) is 0 Å². The van der Waals surface area contributed by atoms with Gasteiger partial charge in [0.1, 0.15) is 0 Å². The monoisotopic (exact) mass is 232 g/mol. The van der Waals surface area contributed by atoms with Crippen molar-refractivity contribution in [1.29, 1.82) is 0 Å². The van der Waals surface area contributed by atoms with Crippen LogP contribution in [0, 0.1) is 0 Å². The number of methoxy groups -OCH3 is 1. The number of rotatable bonds is 6. The minimum absolute atomic E-state index is 0.505. The maximum atomic E-state index is 11.4. The van der Waals surface area contributed by atoms with E-state index in [9.17, 15) is 9.90 Å². The van der Waals surface area contributed by atoms with Crippen molar-refractivity contribution in [1.82, 2.24) is 0 Å². The lowest BCUT2D eigenvalue weighted by Gasteiger charge is -2.34. The first kappa shape index (κ1) is 14.6. The smallest absolute Gasteiger partial charge is 0.337 e. The summed E-state index contributed by atoms with van der Waals surface area (Å²) in [6.45, 7) is 8.05. The largest absolute Gasteiger partial charge is 0.467 e. The summed E-state index contributed by atoms with van der Waals surface area (Å²) in [5.41, 5.74) is -1.30. The number of esters is 1. The molecular weight excluding hydrogens is 208 g/mol. The van der Waals surface area contributed by atoms with Crippen LogP contribution in [0.3, 0.4) is 0 Å². The maximum absolute atomic E-state index is 11.4. The summed E-state index contributed by atoms with van der Waals surface area (Å²) < 4.78 is 4.63. The van der Waals surface area contributed by atoms with Crippen molar-refractivity contribution in [2.75, 3.05) is 7.11 Å². The lowest BCUT2D eigenvalue weighted by Crippen LogP contribution is -2.46. The first-order chi connectivity index (χ1) is 6.87. The summed E-state index contributed by atoms with van der Waals surface area (Å²) >= 11 is 0. The van der Waals surface area contributed by atoms with Crippen molar-refractivity contribution in [3.05, 3.63) is 0 Å². The van der Waals surface area contributed by atoms with E-state index in [1.54, 1.807) is 6.92 Å². The zero-order valence-corrected chi connectivity index (χ0v) is 11.6. The van der Waals surface area contributed by atoms with Crippen LogP contribution in [-0.4, -0.2) is 31.9 Å². The molecule has 0 aliphatic heterocycles. The summed E-state index contributed by atoms with van der Waals surface area (Å²) in [7, 11) is -0.159. The fourth-order valence-corrected chi connectivity index (χ4v) is 6.00. The van der Waals surface area contributed by atoms with Gasteiger partial charge in [0.2, 0.25) is 0 Å². The highest BCUT2D eigenvalue weighted by Crippen LogP contribution is 2.31. The van der Waals surface area contributed by atoms with Crippen LogP contribution in [0.1, 0.15) is 27.7 Å². The molecule has 0 amide bonds. The first-order valence-corrected chi connectivity index (χ1v) is 8.51. The number of carbonyl (C=O) groups excluding carboxylic acids is 1. The third kappa shape index (κ3) is 3.61. The van der Waals surface area contributed by atoms with Gasteiger partial charge in [-0.25, -0.2) is 4.79 Å². The molecule has 0 fully saturated rings. The zero-order valence-electron chi connectivity index (χ0n) is 10.6. The quantitative estimate of drug-likeness (QED) is 0.565. The van der Waals surface area contributed by atoms with E-state index in [1.165, 1.54) is 7.11 Å². The van der Waals surface area contributed by atoms with E-state index in [-0.39, 0.29) is 0 Å². The van der Waals surface area contributed by atoms with Gasteiger partial charge >= 0.3 is 5.97 Å². The Labute approximate surface area is 93.8 Å². The second kappa shape index (κ2) is 5.65. The van der Waals surface area contributed by atoms with Crippen LogP contribution in [0.4, 0.5) is 0 Å². The minimum Gasteiger partial charge on any atom is -0.467 e. The van der Waals surface area contributed by atoms with Gasteiger partial charge < -0.3 is 9.84 Å². The van der Waals surface area contributed by atoms with E-state index in [0.29, 0.717) is 6.04 Å². The number of aliphatic hydroxyl groups is 1. The number of carbonyl (C=O) groups is 1. The van der Waals surface area contributed by atoms with Crippen LogP contribution >= 0.6 is 0 Å². The van der Waals surface area contributed by atoms with Gasteiger partial charge in [-0.1, -0.05) is 38.9 Å². The first-order valence-electron chi connectivity index (χ1n) is 5.68. The Morgan fingerprint density at radius 1 is 1.27 bits per heavy atom. The van der Waals surface area contributed by atoms with Crippen LogP contribution < -0.4 is 0 Å². The molecule has 0 bridgehead atoms. The molecule has 0 spiro atoms. The van der Waals surface area contributed by atoms with Crippen LogP contribution in [0.5, 0.6) is 0 Å². The maximum Gasteiger partial charge on any atom is 0.337 e. The molecule has 1 N–H and O–H groups in total. The molecule has 15 heavy (non-hydrogen) atoms. The minimum atomic E-state index is -1.48. The van der Waals surface area contributed by atoms with Gasteiger partial charge in [0.05, 0.1) is 15.2 Å². The Morgan fingerprint density at radius 3 is 1.93 bits per heavy atom. The van der Waals surface area contributed by atoms with E-state index in [0.717, 1.165) is 18.1 Å². The molecule has 3 nitrogen and oxygen atoms in total. The number of ether oxygens (including phenoxy) is 1. The second-order valence-corrected chi connectivity index (χ2v) is 9.98. The van der Waals surface area contributed by atoms with Crippen LogP contribution in [-0.2, 0) is 9.53 Å². The molecule has 0 saturated heterocycles. The van der Waals surface area contributed by atoms with Crippen molar-refractivity contribution in [3.63, 3.8) is 0 Å². The molecule has 0 heterocycles. The molecule has 4 heteroatoms. The standard InChI is InChI=1S/C11H24O3Si/c1-6-15(7-2,8-3)9-11(4,13)10(12)14-5/h13H,6-9H2,1-5H3. The molecule has 0 aliphatic carbocycles. The third-order valence-electron chi connectivity index (χ3n) is 3.59. The van der Waals surface area contributed by atoms with Gasteiger partial charge in [-0.05, 0) is 13.0 Å². The molecule has 1 atom stereocenters. The Balaban J connectivity index is 4.73. The average molecular weight is 232 g/mol. The van der Waals surface area contributed by atoms with E-state index >= 15 is 0 Å². The van der Waals surface area contributed by atoms with Gasteiger partial charge in [-0.15, -0.1) is 0 Å². The fourth-order valence-electron chi connectivity index (χ4n) is 2.15. The molecule has 0 aromatic carbocycles. The van der Waals surface area contributed by atoms with Gasteiger partial charge in [0, 0.05) is 0 Å². The summed E-state index contributed by atoms with van der Waals surface area (Å²) in [5, 5.41) is 10.1. The molecule has 0 saturated carbocycles. The average Bonchev–Trinajstić information content (AvgIpc) is 2.24. The predicted molar refractivity (Wildman–Crippen MR) is 64.6 cm³/mol. The molecular formula is C11H24O3Si. The Bertz CT molecular complexity index is 202. The number of hydrogen-bond donors (Lipinski definition) is 1. The van der Waals surface area contributed by atoms with E-state index < -0.39 is 19.6 Å². The molecule has 0 rings (SSSR count). The predicted octanol–water partition coefficient (Wildman–Crippen LogP) is 2.42. The highest BCUT2D eigenvalue weighted by atomic mass is 28.3. The van der Waals surface area contributed by atoms with Crippen molar-refractivity contribution >= 4 is 14.0 Å². The molecule has 0 radical (unpaired) electrons. The summed E-state index contributed by atoms with van der Waals surface area (Å²) in [5.74, 6) is -0.505. The molecule has 90 valence electrons. The lowest BCUT2D eigenvalue weighted by molar-refractivity contribution is -0.158.